The van der Waals surface area contributed by atoms with Crippen molar-refractivity contribution in [3.63, 3.8) is 0 Å². The summed E-state index contributed by atoms with van der Waals surface area (Å²) in [6.45, 7) is 9.14. The Kier molecular flexibility index (Phi) is 7.66. The molecule has 108 valence electrons. The van der Waals surface area contributed by atoms with Crippen molar-refractivity contribution in [1.82, 2.24) is 10.2 Å². The van der Waals surface area contributed by atoms with Crippen molar-refractivity contribution in [2.24, 2.45) is 0 Å². The predicted octanol–water partition coefficient (Wildman–Crippen LogP) is 4.22. The second-order valence-electron chi connectivity index (χ2n) is 5.31. The topological polar surface area (TPSA) is 15.3 Å². The summed E-state index contributed by atoms with van der Waals surface area (Å²) in [4.78, 5) is 2.56. The summed E-state index contributed by atoms with van der Waals surface area (Å²) in [6, 6.07) is 9.64. The predicted molar refractivity (Wildman–Crippen MR) is 87.6 cm³/mol. The lowest BCUT2D eigenvalue weighted by atomic mass is 10.0. The molecular weight excluding hydrogens is 300 g/mol. The Hall–Kier alpha value is -0.380. The van der Waals surface area contributed by atoms with E-state index in [0.717, 1.165) is 17.4 Å². The third kappa shape index (κ3) is 5.64. The first-order chi connectivity index (χ1) is 9.08. The van der Waals surface area contributed by atoms with Gasteiger partial charge in [0.05, 0.1) is 0 Å². The largest absolute Gasteiger partial charge is 0.313 e. The smallest absolute Gasteiger partial charge is 0.0330 e. The van der Waals surface area contributed by atoms with Crippen molar-refractivity contribution in [2.45, 2.75) is 45.7 Å². The molecule has 0 radical (unpaired) electrons. The summed E-state index contributed by atoms with van der Waals surface area (Å²) in [7, 11) is 2.05. The van der Waals surface area contributed by atoms with Crippen molar-refractivity contribution in [1.29, 1.82) is 0 Å². The molecule has 0 spiro atoms. The lowest BCUT2D eigenvalue weighted by molar-refractivity contribution is 0.211. The summed E-state index contributed by atoms with van der Waals surface area (Å²) in [6.07, 6.45) is 2.37. The average Bonchev–Trinajstić information content (AvgIpc) is 2.38. The van der Waals surface area contributed by atoms with Gasteiger partial charge in [-0.2, -0.15) is 0 Å². The van der Waals surface area contributed by atoms with Crippen LogP contribution in [0.3, 0.4) is 0 Å². The van der Waals surface area contributed by atoms with Crippen molar-refractivity contribution >= 4 is 15.9 Å². The van der Waals surface area contributed by atoms with Crippen molar-refractivity contribution in [2.75, 3.05) is 20.1 Å². The van der Waals surface area contributed by atoms with E-state index in [1.807, 2.05) is 7.05 Å². The average molecular weight is 327 g/mol. The molecule has 1 aromatic carbocycles. The zero-order valence-corrected chi connectivity index (χ0v) is 14.2. The molecule has 0 aliphatic carbocycles. The van der Waals surface area contributed by atoms with Crippen LogP contribution in [-0.2, 0) is 0 Å². The van der Waals surface area contributed by atoms with E-state index in [1.165, 1.54) is 18.5 Å². The standard InChI is InChI=1S/C16H27BrN2/c1-5-10-19(13(2)3)11-9-16(18-4)14-7-6-8-15(17)12-14/h6-8,12-13,16,18H,5,9-11H2,1-4H3. The van der Waals surface area contributed by atoms with Gasteiger partial charge in [0.1, 0.15) is 0 Å². The first kappa shape index (κ1) is 16.7. The molecule has 19 heavy (non-hydrogen) atoms. The second kappa shape index (κ2) is 8.72. The minimum atomic E-state index is 0.426. The summed E-state index contributed by atoms with van der Waals surface area (Å²) >= 11 is 3.55. The van der Waals surface area contributed by atoms with Crippen LogP contribution in [0.25, 0.3) is 0 Å². The monoisotopic (exact) mass is 326 g/mol. The Morgan fingerprint density at radius 2 is 2.00 bits per heavy atom. The highest BCUT2D eigenvalue weighted by Gasteiger charge is 2.13. The number of nitrogens with one attached hydrogen (secondary N) is 1. The summed E-state index contributed by atoms with van der Waals surface area (Å²) in [5.41, 5.74) is 1.36. The summed E-state index contributed by atoms with van der Waals surface area (Å²) < 4.78 is 1.15. The molecule has 2 nitrogen and oxygen atoms in total. The van der Waals surface area contributed by atoms with Crippen molar-refractivity contribution in [3.8, 4) is 0 Å². The minimum Gasteiger partial charge on any atom is -0.313 e. The van der Waals surface area contributed by atoms with Gasteiger partial charge < -0.3 is 10.2 Å². The summed E-state index contributed by atoms with van der Waals surface area (Å²) in [5, 5.41) is 3.43. The van der Waals surface area contributed by atoms with Gasteiger partial charge in [-0.1, -0.05) is 35.0 Å². The third-order valence-corrected chi connectivity index (χ3v) is 4.04. The maximum absolute atomic E-state index is 3.55. The van der Waals surface area contributed by atoms with E-state index in [9.17, 15) is 0 Å². The molecule has 1 unspecified atom stereocenters. The molecule has 0 aromatic heterocycles. The van der Waals surface area contributed by atoms with Crippen LogP contribution >= 0.6 is 15.9 Å². The highest BCUT2D eigenvalue weighted by molar-refractivity contribution is 9.10. The molecule has 0 bridgehead atoms. The Balaban J connectivity index is 2.61. The quantitative estimate of drug-likeness (QED) is 0.769. The zero-order chi connectivity index (χ0) is 14.3. The van der Waals surface area contributed by atoms with Gasteiger partial charge in [0.25, 0.3) is 0 Å². The van der Waals surface area contributed by atoms with Crippen LogP contribution in [-0.4, -0.2) is 31.1 Å². The van der Waals surface area contributed by atoms with Crippen LogP contribution in [0.1, 0.15) is 45.2 Å². The fourth-order valence-corrected chi connectivity index (χ4v) is 2.83. The van der Waals surface area contributed by atoms with Crippen LogP contribution in [0.2, 0.25) is 0 Å². The van der Waals surface area contributed by atoms with E-state index in [0.29, 0.717) is 12.1 Å². The lowest BCUT2D eigenvalue weighted by Gasteiger charge is -2.28. The number of benzene rings is 1. The first-order valence-electron chi connectivity index (χ1n) is 7.25. The van der Waals surface area contributed by atoms with Gasteiger partial charge in [0.2, 0.25) is 0 Å². The Morgan fingerprint density at radius 3 is 2.53 bits per heavy atom. The van der Waals surface area contributed by atoms with Gasteiger partial charge in [-0.15, -0.1) is 0 Å². The van der Waals surface area contributed by atoms with Gasteiger partial charge in [-0.05, 0) is 58.0 Å². The zero-order valence-electron chi connectivity index (χ0n) is 12.6. The van der Waals surface area contributed by atoms with E-state index in [4.69, 9.17) is 0 Å². The molecule has 1 atom stereocenters. The van der Waals surface area contributed by atoms with Crippen LogP contribution in [0.5, 0.6) is 0 Å². The fourth-order valence-electron chi connectivity index (χ4n) is 2.41. The van der Waals surface area contributed by atoms with Crippen LogP contribution in [0.4, 0.5) is 0 Å². The molecule has 0 aliphatic rings. The Bertz CT molecular complexity index is 366. The Morgan fingerprint density at radius 1 is 1.26 bits per heavy atom. The number of hydrogen-bond donors (Lipinski definition) is 1. The second-order valence-corrected chi connectivity index (χ2v) is 6.23. The van der Waals surface area contributed by atoms with E-state index >= 15 is 0 Å². The van der Waals surface area contributed by atoms with E-state index in [1.54, 1.807) is 0 Å². The van der Waals surface area contributed by atoms with Gasteiger partial charge in [0, 0.05) is 23.1 Å². The molecule has 1 rings (SSSR count). The lowest BCUT2D eigenvalue weighted by Crippen LogP contribution is -2.34. The maximum atomic E-state index is 3.55. The third-order valence-electron chi connectivity index (χ3n) is 3.55. The maximum Gasteiger partial charge on any atom is 0.0330 e. The molecule has 0 saturated carbocycles. The van der Waals surface area contributed by atoms with Gasteiger partial charge in [-0.3, -0.25) is 0 Å². The van der Waals surface area contributed by atoms with Crippen molar-refractivity contribution < 1.29 is 0 Å². The molecule has 1 N–H and O–H groups in total. The highest BCUT2D eigenvalue weighted by Crippen LogP contribution is 2.21. The first-order valence-corrected chi connectivity index (χ1v) is 8.04. The number of halogens is 1. The van der Waals surface area contributed by atoms with Crippen LogP contribution < -0.4 is 5.32 Å². The van der Waals surface area contributed by atoms with Gasteiger partial charge >= 0.3 is 0 Å². The number of rotatable bonds is 8. The van der Waals surface area contributed by atoms with E-state index in [2.05, 4.69) is 71.2 Å². The molecule has 0 saturated heterocycles. The van der Waals surface area contributed by atoms with E-state index < -0.39 is 0 Å². The normalized spacial score (nSPS) is 13.2. The van der Waals surface area contributed by atoms with Crippen LogP contribution in [0.15, 0.2) is 28.7 Å². The van der Waals surface area contributed by atoms with Crippen molar-refractivity contribution in [3.05, 3.63) is 34.3 Å². The molecule has 0 aliphatic heterocycles. The highest BCUT2D eigenvalue weighted by atomic mass is 79.9. The van der Waals surface area contributed by atoms with Crippen LogP contribution in [0, 0.1) is 0 Å². The molecule has 0 fully saturated rings. The number of nitrogens with zero attached hydrogens (tertiary/aromatic N) is 1. The van der Waals surface area contributed by atoms with Gasteiger partial charge in [0.15, 0.2) is 0 Å². The minimum absolute atomic E-state index is 0.426. The SMILES string of the molecule is CCCN(CCC(NC)c1cccc(Br)c1)C(C)C. The summed E-state index contributed by atoms with van der Waals surface area (Å²) in [5.74, 6) is 0. The molecule has 3 heteroatoms. The number of hydrogen-bond acceptors (Lipinski definition) is 2. The fraction of sp³-hybridized carbons (Fsp3) is 0.625. The molecular formula is C16H27BrN2. The van der Waals surface area contributed by atoms with Gasteiger partial charge in [-0.25, -0.2) is 0 Å². The van der Waals surface area contributed by atoms with E-state index in [-0.39, 0.29) is 0 Å². The molecule has 1 aromatic rings. The Labute approximate surface area is 126 Å². The molecule has 0 amide bonds. The molecule has 0 heterocycles.